The van der Waals surface area contributed by atoms with E-state index in [1.54, 1.807) is 18.2 Å². The SMILES string of the molecule is OCCNc1ccc(-c2noc(-c3cn4cc(C(F)(F)F)cc(Cl)c4n3)n2)c(Cl)c1. The fourth-order valence-electron chi connectivity index (χ4n) is 2.76. The minimum absolute atomic E-state index is 0.00289. The van der Waals surface area contributed by atoms with Gasteiger partial charge in [-0.2, -0.15) is 18.2 Å². The van der Waals surface area contributed by atoms with E-state index in [1.807, 2.05) is 0 Å². The number of hydrogen-bond donors (Lipinski definition) is 2. The Morgan fingerprint density at radius 1 is 1.10 bits per heavy atom. The van der Waals surface area contributed by atoms with Crippen molar-refractivity contribution >= 4 is 34.5 Å². The zero-order valence-corrected chi connectivity index (χ0v) is 16.4. The van der Waals surface area contributed by atoms with Crippen LogP contribution >= 0.6 is 23.2 Å². The van der Waals surface area contributed by atoms with Crippen LogP contribution in [0.5, 0.6) is 0 Å². The molecule has 0 fully saturated rings. The molecule has 0 saturated heterocycles. The molecular weight excluding hydrogens is 446 g/mol. The zero-order valence-electron chi connectivity index (χ0n) is 14.9. The number of aliphatic hydroxyl groups excluding tert-OH is 1. The first kappa shape index (κ1) is 20.5. The predicted molar refractivity (Wildman–Crippen MR) is 105 cm³/mol. The minimum Gasteiger partial charge on any atom is -0.395 e. The van der Waals surface area contributed by atoms with Gasteiger partial charge in [0, 0.05) is 30.2 Å². The molecule has 0 aliphatic rings. The third kappa shape index (κ3) is 3.93. The van der Waals surface area contributed by atoms with E-state index >= 15 is 0 Å². The molecule has 0 aliphatic heterocycles. The van der Waals surface area contributed by atoms with Gasteiger partial charge in [0.05, 0.1) is 22.2 Å². The van der Waals surface area contributed by atoms with Gasteiger partial charge in [-0.25, -0.2) is 4.98 Å². The molecule has 30 heavy (non-hydrogen) atoms. The number of nitrogens with one attached hydrogen (secondary N) is 1. The van der Waals surface area contributed by atoms with Gasteiger partial charge in [0.1, 0.15) is 5.69 Å². The molecule has 2 N–H and O–H groups in total. The molecule has 4 rings (SSSR count). The summed E-state index contributed by atoms with van der Waals surface area (Å²) in [5.41, 5.74) is 0.570. The molecule has 3 aromatic heterocycles. The van der Waals surface area contributed by atoms with Gasteiger partial charge in [0.25, 0.3) is 5.89 Å². The lowest BCUT2D eigenvalue weighted by Gasteiger charge is -2.07. The van der Waals surface area contributed by atoms with Gasteiger partial charge in [0.15, 0.2) is 5.65 Å². The Hall–Kier alpha value is -2.82. The second-order valence-corrected chi connectivity index (χ2v) is 7.01. The lowest BCUT2D eigenvalue weighted by molar-refractivity contribution is -0.137. The highest BCUT2D eigenvalue weighted by Gasteiger charge is 2.32. The fraction of sp³-hybridized carbons (Fsp3) is 0.167. The number of aliphatic hydroxyl groups is 1. The maximum absolute atomic E-state index is 13.0. The Kier molecular flexibility index (Phi) is 5.31. The second-order valence-electron chi connectivity index (χ2n) is 6.20. The Morgan fingerprint density at radius 3 is 2.60 bits per heavy atom. The summed E-state index contributed by atoms with van der Waals surface area (Å²) in [4.78, 5) is 8.42. The third-order valence-electron chi connectivity index (χ3n) is 4.13. The monoisotopic (exact) mass is 457 g/mol. The summed E-state index contributed by atoms with van der Waals surface area (Å²) in [6.45, 7) is 0.343. The molecule has 0 unspecified atom stereocenters. The summed E-state index contributed by atoms with van der Waals surface area (Å²) in [5, 5.41) is 15.9. The number of anilines is 1. The van der Waals surface area contributed by atoms with Crippen LogP contribution in [0.25, 0.3) is 28.6 Å². The average Bonchev–Trinajstić information content (AvgIpc) is 3.33. The molecule has 3 heterocycles. The predicted octanol–water partition coefficient (Wildman–Crippen LogP) is 4.78. The van der Waals surface area contributed by atoms with Crippen LogP contribution in [0.3, 0.4) is 0 Å². The Labute approximate surface area is 177 Å². The number of hydrogen-bond acceptors (Lipinski definition) is 6. The van der Waals surface area contributed by atoms with Crippen molar-refractivity contribution in [2.24, 2.45) is 0 Å². The van der Waals surface area contributed by atoms with Crippen molar-refractivity contribution in [3.63, 3.8) is 0 Å². The van der Waals surface area contributed by atoms with Crippen LogP contribution < -0.4 is 5.32 Å². The van der Waals surface area contributed by atoms with Crippen molar-refractivity contribution in [1.29, 1.82) is 0 Å². The summed E-state index contributed by atoms with van der Waals surface area (Å²) in [7, 11) is 0. The van der Waals surface area contributed by atoms with Gasteiger partial charge >= 0.3 is 6.18 Å². The summed E-state index contributed by atoms with van der Waals surface area (Å²) >= 11 is 12.2. The smallest absolute Gasteiger partial charge is 0.395 e. The normalized spacial score (nSPS) is 11.9. The van der Waals surface area contributed by atoms with Gasteiger partial charge in [-0.3, -0.25) is 0 Å². The zero-order chi connectivity index (χ0) is 21.5. The fourth-order valence-corrected chi connectivity index (χ4v) is 3.28. The molecule has 4 aromatic rings. The lowest BCUT2D eigenvalue weighted by Crippen LogP contribution is -2.06. The minimum atomic E-state index is -4.55. The first-order chi connectivity index (χ1) is 14.3. The van der Waals surface area contributed by atoms with Crippen molar-refractivity contribution in [2.45, 2.75) is 6.18 Å². The van der Waals surface area contributed by atoms with E-state index in [9.17, 15) is 13.2 Å². The van der Waals surface area contributed by atoms with E-state index < -0.39 is 11.7 Å². The summed E-state index contributed by atoms with van der Waals surface area (Å²) in [5.74, 6) is 0.180. The summed E-state index contributed by atoms with van der Waals surface area (Å²) in [6.07, 6.45) is -2.35. The molecule has 0 radical (unpaired) electrons. The molecule has 1 aromatic carbocycles. The molecule has 0 amide bonds. The van der Waals surface area contributed by atoms with E-state index in [0.29, 0.717) is 22.8 Å². The van der Waals surface area contributed by atoms with Gasteiger partial charge in [-0.05, 0) is 24.3 Å². The van der Waals surface area contributed by atoms with Crippen LogP contribution in [0.4, 0.5) is 18.9 Å². The molecule has 0 spiro atoms. The van der Waals surface area contributed by atoms with E-state index in [1.165, 1.54) is 6.20 Å². The number of fused-ring (bicyclic) bond motifs is 1. The maximum atomic E-state index is 13.0. The molecule has 156 valence electrons. The average molecular weight is 458 g/mol. The molecule has 0 aliphatic carbocycles. The van der Waals surface area contributed by atoms with Crippen LogP contribution in [0.15, 0.2) is 41.2 Å². The summed E-state index contributed by atoms with van der Waals surface area (Å²) < 4.78 is 45.3. The van der Waals surface area contributed by atoms with Crippen LogP contribution in [0.1, 0.15) is 5.56 Å². The molecule has 0 atom stereocenters. The molecule has 0 saturated carbocycles. The van der Waals surface area contributed by atoms with Crippen LogP contribution in [-0.4, -0.2) is 37.8 Å². The number of benzene rings is 1. The van der Waals surface area contributed by atoms with E-state index in [4.69, 9.17) is 32.8 Å². The summed E-state index contributed by atoms with van der Waals surface area (Å²) in [6, 6.07) is 5.86. The van der Waals surface area contributed by atoms with Crippen molar-refractivity contribution < 1.29 is 22.8 Å². The molecular formula is C18H12Cl2F3N5O2. The van der Waals surface area contributed by atoms with Crippen molar-refractivity contribution in [1.82, 2.24) is 19.5 Å². The standard InChI is InChI=1S/C18H12Cl2F3N5O2/c19-12-6-10(24-3-4-29)1-2-11(12)15-26-17(30-27-15)14-8-28-7-9(18(21,22)23)5-13(20)16(28)25-14/h1-2,5-8,24,29H,3-4H2. The number of rotatable bonds is 5. The topological polar surface area (TPSA) is 88.5 Å². The Bertz CT molecular complexity index is 1220. The highest BCUT2D eigenvalue weighted by atomic mass is 35.5. The van der Waals surface area contributed by atoms with E-state index in [0.717, 1.165) is 16.7 Å². The van der Waals surface area contributed by atoms with Crippen molar-refractivity contribution in [3.05, 3.63) is 52.3 Å². The molecule has 0 bridgehead atoms. The van der Waals surface area contributed by atoms with Crippen molar-refractivity contribution in [2.75, 3.05) is 18.5 Å². The van der Waals surface area contributed by atoms with Crippen LogP contribution in [-0.2, 0) is 6.18 Å². The number of nitrogens with zero attached hydrogens (tertiary/aromatic N) is 4. The number of aromatic nitrogens is 4. The number of halogens is 5. The van der Waals surface area contributed by atoms with Crippen LogP contribution in [0, 0.1) is 0 Å². The number of imidazole rings is 1. The lowest BCUT2D eigenvalue weighted by atomic mass is 10.2. The van der Waals surface area contributed by atoms with Gasteiger partial charge in [-0.1, -0.05) is 28.4 Å². The Morgan fingerprint density at radius 2 is 1.90 bits per heavy atom. The second kappa shape index (κ2) is 7.78. The Balaban J connectivity index is 1.67. The van der Waals surface area contributed by atoms with E-state index in [2.05, 4.69) is 20.4 Å². The first-order valence-corrected chi connectivity index (χ1v) is 9.26. The quantitative estimate of drug-likeness (QED) is 0.448. The highest BCUT2D eigenvalue weighted by Crippen LogP contribution is 2.34. The first-order valence-electron chi connectivity index (χ1n) is 8.50. The van der Waals surface area contributed by atoms with Gasteiger partial charge in [0.2, 0.25) is 5.82 Å². The number of pyridine rings is 1. The number of alkyl halides is 3. The van der Waals surface area contributed by atoms with E-state index in [-0.39, 0.29) is 34.7 Å². The molecule has 12 heteroatoms. The van der Waals surface area contributed by atoms with Crippen molar-refractivity contribution in [3.8, 4) is 23.0 Å². The van der Waals surface area contributed by atoms with Crippen LogP contribution in [0.2, 0.25) is 10.0 Å². The largest absolute Gasteiger partial charge is 0.417 e. The van der Waals surface area contributed by atoms with Gasteiger partial charge in [-0.15, -0.1) is 0 Å². The van der Waals surface area contributed by atoms with Gasteiger partial charge < -0.3 is 19.3 Å². The molecule has 7 nitrogen and oxygen atoms in total. The highest BCUT2D eigenvalue weighted by molar-refractivity contribution is 6.33. The maximum Gasteiger partial charge on any atom is 0.417 e. The third-order valence-corrected chi connectivity index (χ3v) is 4.72.